The van der Waals surface area contributed by atoms with Crippen LogP contribution in [0.1, 0.15) is 5.01 Å². The number of benzene rings is 2. The number of aryl methyl sites for hydroxylation is 1. The molecule has 0 bridgehead atoms. The molecule has 1 N–H and O–H groups in total. The highest BCUT2D eigenvalue weighted by Crippen LogP contribution is 2.24. The van der Waals surface area contributed by atoms with E-state index in [1.54, 1.807) is 11.3 Å². The zero-order chi connectivity index (χ0) is 15.5. The fourth-order valence-corrected chi connectivity index (χ4v) is 3.26. The number of carbonyl (C=O) groups excluding carboxylic acids is 1. The second-order valence-corrected chi connectivity index (χ2v) is 6.86. The van der Waals surface area contributed by atoms with Crippen LogP contribution in [0.25, 0.3) is 10.2 Å². The number of thiazole rings is 1. The first-order valence-electron chi connectivity index (χ1n) is 6.65. The number of anilines is 1. The summed E-state index contributed by atoms with van der Waals surface area (Å²) in [4.78, 5) is 16.3. The maximum atomic E-state index is 12.0. The molecule has 0 atom stereocenters. The summed E-state index contributed by atoms with van der Waals surface area (Å²) in [7, 11) is 0. The SMILES string of the molecule is Cc1nc2ccc(NC(=O)COc3cccc(Br)c3)cc2s1. The van der Waals surface area contributed by atoms with Crippen LogP contribution in [-0.2, 0) is 4.79 Å². The van der Waals surface area contributed by atoms with Crippen molar-refractivity contribution in [2.75, 3.05) is 11.9 Å². The van der Waals surface area contributed by atoms with Crippen molar-refractivity contribution >= 4 is 49.1 Å². The van der Waals surface area contributed by atoms with Gasteiger partial charge in [-0.25, -0.2) is 4.98 Å². The number of nitrogens with zero attached hydrogens (tertiary/aromatic N) is 1. The average Bonchev–Trinajstić information content (AvgIpc) is 2.84. The topological polar surface area (TPSA) is 51.2 Å². The van der Waals surface area contributed by atoms with Crippen molar-refractivity contribution < 1.29 is 9.53 Å². The molecule has 22 heavy (non-hydrogen) atoms. The number of nitrogens with one attached hydrogen (secondary N) is 1. The van der Waals surface area contributed by atoms with Gasteiger partial charge in [0.1, 0.15) is 5.75 Å². The van der Waals surface area contributed by atoms with Crippen LogP contribution in [0.4, 0.5) is 5.69 Å². The van der Waals surface area contributed by atoms with Crippen LogP contribution in [0.5, 0.6) is 5.75 Å². The fourth-order valence-electron chi connectivity index (χ4n) is 2.02. The van der Waals surface area contributed by atoms with Gasteiger partial charge in [-0.3, -0.25) is 4.79 Å². The third-order valence-corrected chi connectivity index (χ3v) is 4.37. The molecule has 0 saturated carbocycles. The molecule has 112 valence electrons. The lowest BCUT2D eigenvalue weighted by Crippen LogP contribution is -2.20. The summed E-state index contributed by atoms with van der Waals surface area (Å²) in [5, 5.41) is 3.84. The van der Waals surface area contributed by atoms with Crippen LogP contribution < -0.4 is 10.1 Å². The van der Waals surface area contributed by atoms with Crippen molar-refractivity contribution in [3.8, 4) is 5.75 Å². The molecule has 0 unspecified atom stereocenters. The Morgan fingerprint density at radius 3 is 3.00 bits per heavy atom. The number of ether oxygens (including phenoxy) is 1. The molecule has 3 aromatic rings. The predicted octanol–water partition coefficient (Wildman–Crippen LogP) is 4.38. The molecule has 0 aliphatic heterocycles. The van der Waals surface area contributed by atoms with E-state index in [0.717, 1.165) is 25.4 Å². The molecule has 0 fully saturated rings. The summed E-state index contributed by atoms with van der Waals surface area (Å²) in [6, 6.07) is 13.1. The van der Waals surface area contributed by atoms with Crippen LogP contribution in [0, 0.1) is 6.92 Å². The van der Waals surface area contributed by atoms with E-state index < -0.39 is 0 Å². The number of halogens is 1. The molecule has 1 heterocycles. The molecule has 0 saturated heterocycles. The highest BCUT2D eigenvalue weighted by molar-refractivity contribution is 9.10. The second-order valence-electron chi connectivity index (χ2n) is 4.71. The minimum absolute atomic E-state index is 0.0315. The van der Waals surface area contributed by atoms with Crippen LogP contribution in [-0.4, -0.2) is 17.5 Å². The van der Waals surface area contributed by atoms with E-state index in [4.69, 9.17) is 4.74 Å². The normalized spacial score (nSPS) is 10.6. The predicted molar refractivity (Wildman–Crippen MR) is 92.6 cm³/mol. The summed E-state index contributed by atoms with van der Waals surface area (Å²) in [6.07, 6.45) is 0. The number of hydrogen-bond acceptors (Lipinski definition) is 4. The number of fused-ring (bicyclic) bond motifs is 1. The Bertz CT molecular complexity index is 832. The van der Waals surface area contributed by atoms with E-state index >= 15 is 0 Å². The number of carbonyl (C=O) groups is 1. The Hall–Kier alpha value is -1.92. The molecule has 0 aliphatic carbocycles. The van der Waals surface area contributed by atoms with Crippen LogP contribution in [0.3, 0.4) is 0 Å². The Balaban J connectivity index is 1.62. The van der Waals surface area contributed by atoms with Gasteiger partial charge < -0.3 is 10.1 Å². The van der Waals surface area contributed by atoms with Gasteiger partial charge in [0.25, 0.3) is 5.91 Å². The molecule has 3 rings (SSSR count). The zero-order valence-electron chi connectivity index (χ0n) is 11.8. The molecule has 0 aliphatic rings. The quantitative estimate of drug-likeness (QED) is 0.734. The summed E-state index contributed by atoms with van der Waals surface area (Å²) in [5.41, 5.74) is 1.70. The van der Waals surface area contributed by atoms with Crippen molar-refractivity contribution in [3.05, 3.63) is 51.9 Å². The Labute approximate surface area is 140 Å². The molecule has 1 amide bonds. The summed E-state index contributed by atoms with van der Waals surface area (Å²) < 4.78 is 7.43. The van der Waals surface area contributed by atoms with Gasteiger partial charge in [0.15, 0.2) is 6.61 Å². The molecule has 4 nitrogen and oxygen atoms in total. The van der Waals surface area contributed by atoms with Crippen molar-refractivity contribution in [1.82, 2.24) is 4.98 Å². The Morgan fingerprint density at radius 2 is 2.18 bits per heavy atom. The van der Waals surface area contributed by atoms with Gasteiger partial charge in [0.05, 0.1) is 15.2 Å². The van der Waals surface area contributed by atoms with E-state index in [2.05, 4.69) is 26.2 Å². The smallest absolute Gasteiger partial charge is 0.262 e. The number of hydrogen-bond donors (Lipinski definition) is 1. The summed E-state index contributed by atoms with van der Waals surface area (Å²) >= 11 is 4.97. The second kappa shape index (κ2) is 6.46. The molecular weight excluding hydrogens is 364 g/mol. The number of rotatable bonds is 4. The maximum absolute atomic E-state index is 12.0. The lowest BCUT2D eigenvalue weighted by atomic mass is 10.3. The van der Waals surface area contributed by atoms with Gasteiger partial charge in [-0.2, -0.15) is 0 Å². The fraction of sp³-hybridized carbons (Fsp3) is 0.125. The maximum Gasteiger partial charge on any atom is 0.262 e. The van der Waals surface area contributed by atoms with Gasteiger partial charge >= 0.3 is 0 Å². The molecular formula is C16H13BrN2O2S. The monoisotopic (exact) mass is 376 g/mol. The first kappa shape index (κ1) is 15.0. The minimum atomic E-state index is -0.194. The molecule has 6 heteroatoms. The van der Waals surface area contributed by atoms with Gasteiger partial charge in [0.2, 0.25) is 0 Å². The van der Waals surface area contributed by atoms with E-state index in [-0.39, 0.29) is 12.5 Å². The molecule has 0 radical (unpaired) electrons. The molecule has 2 aromatic carbocycles. The largest absolute Gasteiger partial charge is 0.484 e. The third-order valence-electron chi connectivity index (χ3n) is 2.95. The van der Waals surface area contributed by atoms with E-state index in [1.807, 2.05) is 49.4 Å². The first-order valence-corrected chi connectivity index (χ1v) is 8.26. The number of amides is 1. The van der Waals surface area contributed by atoms with Crippen LogP contribution in [0.2, 0.25) is 0 Å². The van der Waals surface area contributed by atoms with Crippen LogP contribution >= 0.6 is 27.3 Å². The van der Waals surface area contributed by atoms with E-state index in [0.29, 0.717) is 5.75 Å². The lowest BCUT2D eigenvalue weighted by molar-refractivity contribution is -0.118. The Kier molecular flexibility index (Phi) is 4.40. The highest BCUT2D eigenvalue weighted by Gasteiger charge is 2.06. The highest BCUT2D eigenvalue weighted by atomic mass is 79.9. The first-order chi connectivity index (χ1) is 10.6. The van der Waals surface area contributed by atoms with Gasteiger partial charge in [-0.1, -0.05) is 22.0 Å². The van der Waals surface area contributed by atoms with Gasteiger partial charge in [0, 0.05) is 10.2 Å². The molecule has 0 spiro atoms. The summed E-state index contributed by atoms with van der Waals surface area (Å²) in [6.45, 7) is 1.94. The standard InChI is InChI=1S/C16H13BrN2O2S/c1-10-18-14-6-5-12(8-15(14)22-10)19-16(20)9-21-13-4-2-3-11(17)7-13/h2-8H,9H2,1H3,(H,19,20). The summed E-state index contributed by atoms with van der Waals surface area (Å²) in [5.74, 6) is 0.457. The molecule has 1 aromatic heterocycles. The number of aromatic nitrogens is 1. The minimum Gasteiger partial charge on any atom is -0.484 e. The van der Waals surface area contributed by atoms with Crippen molar-refractivity contribution in [2.24, 2.45) is 0 Å². The zero-order valence-corrected chi connectivity index (χ0v) is 14.2. The van der Waals surface area contributed by atoms with Crippen molar-refractivity contribution in [3.63, 3.8) is 0 Å². The third kappa shape index (κ3) is 3.64. The van der Waals surface area contributed by atoms with Crippen molar-refractivity contribution in [1.29, 1.82) is 0 Å². The Morgan fingerprint density at radius 1 is 1.32 bits per heavy atom. The lowest BCUT2D eigenvalue weighted by Gasteiger charge is -2.07. The van der Waals surface area contributed by atoms with E-state index in [1.165, 1.54) is 0 Å². The van der Waals surface area contributed by atoms with Crippen molar-refractivity contribution in [2.45, 2.75) is 6.92 Å². The van der Waals surface area contributed by atoms with Gasteiger partial charge in [-0.15, -0.1) is 11.3 Å². The van der Waals surface area contributed by atoms with Crippen LogP contribution in [0.15, 0.2) is 46.9 Å². The van der Waals surface area contributed by atoms with E-state index in [9.17, 15) is 4.79 Å². The average molecular weight is 377 g/mol. The van der Waals surface area contributed by atoms with Gasteiger partial charge in [-0.05, 0) is 43.3 Å².